The number of carbonyl (C=O) groups is 2. The van der Waals surface area contributed by atoms with Crippen LogP contribution in [0.4, 0.5) is 17.1 Å². The lowest BCUT2D eigenvalue weighted by molar-refractivity contribution is -0.110. The van der Waals surface area contributed by atoms with Crippen molar-refractivity contribution < 1.29 is 14.3 Å². The lowest BCUT2D eigenvalue weighted by Gasteiger charge is -2.09. The van der Waals surface area contributed by atoms with Gasteiger partial charge in [-0.15, -0.1) is 0 Å². The fourth-order valence-corrected chi connectivity index (χ4v) is 2.97. The molecule has 0 spiro atoms. The molecule has 0 bridgehead atoms. The van der Waals surface area contributed by atoms with Gasteiger partial charge in [0.15, 0.2) is 0 Å². The SMILES string of the molecule is COc1ccccc1NC(=O)c1ccc(N=C2C(=O)Nc3ccccc32)cc1. The second kappa shape index (κ2) is 7.36. The summed E-state index contributed by atoms with van der Waals surface area (Å²) in [6, 6.07) is 21.4. The van der Waals surface area contributed by atoms with E-state index in [4.69, 9.17) is 4.74 Å². The minimum Gasteiger partial charge on any atom is -0.495 e. The molecule has 0 fully saturated rings. The minimum atomic E-state index is -0.257. The number of hydrogen-bond acceptors (Lipinski definition) is 4. The molecule has 0 atom stereocenters. The van der Waals surface area contributed by atoms with E-state index in [-0.39, 0.29) is 11.8 Å². The first-order valence-corrected chi connectivity index (χ1v) is 8.69. The predicted octanol–water partition coefficient (Wildman–Crippen LogP) is 4.02. The van der Waals surface area contributed by atoms with Crippen LogP contribution < -0.4 is 15.4 Å². The summed E-state index contributed by atoms with van der Waals surface area (Å²) in [5.41, 5.74) is 3.55. The quantitative estimate of drug-likeness (QED) is 0.727. The van der Waals surface area contributed by atoms with Crippen LogP contribution >= 0.6 is 0 Å². The molecule has 0 saturated carbocycles. The fourth-order valence-electron chi connectivity index (χ4n) is 2.97. The molecule has 6 heteroatoms. The zero-order chi connectivity index (χ0) is 19.5. The number of nitrogens with zero attached hydrogens (tertiary/aromatic N) is 1. The van der Waals surface area contributed by atoms with Crippen molar-refractivity contribution in [3.8, 4) is 5.75 Å². The van der Waals surface area contributed by atoms with E-state index in [1.165, 1.54) is 0 Å². The maximum Gasteiger partial charge on any atom is 0.275 e. The van der Waals surface area contributed by atoms with Crippen molar-refractivity contribution in [1.29, 1.82) is 0 Å². The lowest BCUT2D eigenvalue weighted by Crippen LogP contribution is -2.14. The van der Waals surface area contributed by atoms with Crippen LogP contribution in [0.1, 0.15) is 15.9 Å². The molecule has 28 heavy (non-hydrogen) atoms. The average molecular weight is 371 g/mol. The second-order valence-corrected chi connectivity index (χ2v) is 6.16. The molecule has 1 aliphatic heterocycles. The molecule has 0 aliphatic carbocycles. The Morgan fingerprint density at radius 2 is 1.68 bits per heavy atom. The summed E-state index contributed by atoms with van der Waals surface area (Å²) in [6.07, 6.45) is 0. The topological polar surface area (TPSA) is 79.8 Å². The van der Waals surface area contributed by atoms with Crippen LogP contribution in [0.25, 0.3) is 0 Å². The van der Waals surface area contributed by atoms with Gasteiger partial charge < -0.3 is 15.4 Å². The van der Waals surface area contributed by atoms with Gasteiger partial charge in [0.2, 0.25) is 0 Å². The summed E-state index contributed by atoms with van der Waals surface area (Å²) >= 11 is 0. The smallest absolute Gasteiger partial charge is 0.275 e. The van der Waals surface area contributed by atoms with E-state index >= 15 is 0 Å². The van der Waals surface area contributed by atoms with E-state index in [2.05, 4.69) is 15.6 Å². The van der Waals surface area contributed by atoms with Crippen molar-refractivity contribution in [2.24, 2.45) is 4.99 Å². The van der Waals surface area contributed by atoms with Crippen molar-refractivity contribution in [3.05, 3.63) is 83.9 Å². The first-order valence-electron chi connectivity index (χ1n) is 8.69. The Balaban J connectivity index is 1.55. The van der Waals surface area contributed by atoms with Crippen molar-refractivity contribution in [3.63, 3.8) is 0 Å². The molecule has 0 aromatic heterocycles. The highest BCUT2D eigenvalue weighted by molar-refractivity contribution is 6.54. The van der Waals surface area contributed by atoms with E-state index in [0.29, 0.717) is 28.4 Å². The van der Waals surface area contributed by atoms with Gasteiger partial charge in [-0.2, -0.15) is 0 Å². The van der Waals surface area contributed by atoms with E-state index in [1.54, 1.807) is 43.5 Å². The lowest BCUT2D eigenvalue weighted by atomic mass is 10.1. The van der Waals surface area contributed by atoms with Crippen LogP contribution in [0, 0.1) is 0 Å². The summed E-state index contributed by atoms with van der Waals surface area (Å²) in [5, 5.41) is 5.62. The maximum absolute atomic E-state index is 12.5. The normalized spacial score (nSPS) is 13.8. The molecular formula is C22H17N3O3. The van der Waals surface area contributed by atoms with Gasteiger partial charge in [-0.1, -0.05) is 30.3 Å². The maximum atomic E-state index is 12.5. The highest BCUT2D eigenvalue weighted by Gasteiger charge is 2.25. The van der Waals surface area contributed by atoms with Gasteiger partial charge in [0.05, 0.1) is 24.2 Å². The molecule has 0 saturated heterocycles. The van der Waals surface area contributed by atoms with Crippen LogP contribution in [0.3, 0.4) is 0 Å². The van der Waals surface area contributed by atoms with Crippen LogP contribution in [-0.4, -0.2) is 24.6 Å². The van der Waals surface area contributed by atoms with E-state index in [9.17, 15) is 9.59 Å². The number of ether oxygens (including phenoxy) is 1. The Hall–Kier alpha value is -3.93. The molecule has 1 heterocycles. The fraction of sp³-hybridized carbons (Fsp3) is 0.0455. The summed E-state index contributed by atoms with van der Waals surface area (Å²) in [5.74, 6) is 0.0941. The zero-order valence-electron chi connectivity index (χ0n) is 15.1. The number of benzene rings is 3. The number of carbonyl (C=O) groups excluding carboxylic acids is 2. The molecule has 138 valence electrons. The second-order valence-electron chi connectivity index (χ2n) is 6.16. The summed E-state index contributed by atoms with van der Waals surface area (Å²) in [6.45, 7) is 0. The third-order valence-corrected chi connectivity index (χ3v) is 4.37. The van der Waals surface area contributed by atoms with Gasteiger partial charge in [0.1, 0.15) is 11.5 Å². The minimum absolute atomic E-state index is 0.237. The number of amides is 2. The number of anilines is 2. The van der Waals surface area contributed by atoms with E-state index in [0.717, 1.165) is 11.3 Å². The molecule has 0 unspecified atom stereocenters. The molecule has 4 rings (SSSR count). The van der Waals surface area contributed by atoms with Crippen molar-refractivity contribution in [2.75, 3.05) is 17.7 Å². The summed E-state index contributed by atoms with van der Waals surface area (Å²) < 4.78 is 5.24. The predicted molar refractivity (Wildman–Crippen MR) is 109 cm³/mol. The van der Waals surface area contributed by atoms with Crippen LogP contribution in [0.2, 0.25) is 0 Å². The molecule has 3 aromatic carbocycles. The third kappa shape index (κ3) is 3.35. The number of fused-ring (bicyclic) bond motifs is 1. The Labute approximate surface area is 161 Å². The van der Waals surface area contributed by atoms with Gasteiger partial charge in [0, 0.05) is 11.1 Å². The van der Waals surface area contributed by atoms with Crippen molar-refractivity contribution in [1.82, 2.24) is 0 Å². The largest absolute Gasteiger partial charge is 0.495 e. The molecule has 2 amide bonds. The summed E-state index contributed by atoms with van der Waals surface area (Å²) in [4.78, 5) is 29.1. The first kappa shape index (κ1) is 17.5. The number of para-hydroxylation sites is 3. The molecule has 6 nitrogen and oxygen atoms in total. The highest BCUT2D eigenvalue weighted by atomic mass is 16.5. The highest BCUT2D eigenvalue weighted by Crippen LogP contribution is 2.26. The summed E-state index contributed by atoms with van der Waals surface area (Å²) in [7, 11) is 1.55. The van der Waals surface area contributed by atoms with Gasteiger partial charge in [-0.25, -0.2) is 4.99 Å². The van der Waals surface area contributed by atoms with Gasteiger partial charge in [0.25, 0.3) is 11.8 Å². The zero-order valence-corrected chi connectivity index (χ0v) is 15.1. The van der Waals surface area contributed by atoms with Gasteiger partial charge in [-0.05, 0) is 42.5 Å². The molecule has 1 aliphatic rings. The van der Waals surface area contributed by atoms with E-state index < -0.39 is 0 Å². The Morgan fingerprint density at radius 1 is 0.964 bits per heavy atom. The number of nitrogens with one attached hydrogen (secondary N) is 2. The number of aliphatic imine (C=N–C) groups is 1. The molecular weight excluding hydrogens is 354 g/mol. The molecule has 0 radical (unpaired) electrons. The Morgan fingerprint density at radius 3 is 2.46 bits per heavy atom. The molecule has 2 N–H and O–H groups in total. The average Bonchev–Trinajstić information content (AvgIpc) is 3.04. The third-order valence-electron chi connectivity index (χ3n) is 4.37. The van der Waals surface area contributed by atoms with E-state index in [1.807, 2.05) is 36.4 Å². The Kier molecular flexibility index (Phi) is 4.60. The van der Waals surface area contributed by atoms with Crippen molar-refractivity contribution in [2.45, 2.75) is 0 Å². The monoisotopic (exact) mass is 371 g/mol. The number of methoxy groups -OCH3 is 1. The van der Waals surface area contributed by atoms with Crippen LogP contribution in [-0.2, 0) is 4.79 Å². The standard InChI is InChI=1S/C22H17N3O3/c1-28-19-9-5-4-8-18(19)25-21(26)14-10-12-15(13-11-14)23-20-16-6-2-3-7-17(16)24-22(20)27/h2-13H,1H3,(H,25,26)(H,23,24,27). The Bertz CT molecular complexity index is 1090. The molecule has 3 aromatic rings. The van der Waals surface area contributed by atoms with Gasteiger partial charge in [-0.3, -0.25) is 9.59 Å². The van der Waals surface area contributed by atoms with Crippen molar-refractivity contribution >= 4 is 34.6 Å². The van der Waals surface area contributed by atoms with Crippen LogP contribution in [0.15, 0.2) is 77.8 Å². The first-order chi connectivity index (χ1) is 13.7. The van der Waals surface area contributed by atoms with Gasteiger partial charge >= 0.3 is 0 Å². The number of rotatable bonds is 4. The van der Waals surface area contributed by atoms with Crippen LogP contribution in [0.5, 0.6) is 5.75 Å². The number of hydrogen-bond donors (Lipinski definition) is 2.